The molecule has 0 aromatic rings. The Hall–Kier alpha value is 0. The van der Waals surface area contributed by atoms with Crippen LogP contribution < -0.4 is 0 Å². The van der Waals surface area contributed by atoms with E-state index in [9.17, 15) is 0 Å². The van der Waals surface area contributed by atoms with Crippen LogP contribution in [-0.4, -0.2) is 0 Å². The van der Waals surface area contributed by atoms with Crippen molar-refractivity contribution in [1.82, 2.24) is 0 Å². The van der Waals surface area contributed by atoms with Gasteiger partial charge in [0.05, 0.1) is 0 Å². The van der Waals surface area contributed by atoms with Gasteiger partial charge in [0.2, 0.25) is 0 Å². The summed E-state index contributed by atoms with van der Waals surface area (Å²) in [7, 11) is 0. The van der Waals surface area contributed by atoms with Gasteiger partial charge in [0.25, 0.3) is 0 Å². The van der Waals surface area contributed by atoms with Crippen LogP contribution in [0, 0.1) is 5.92 Å². The molecule has 0 bridgehead atoms. The van der Waals surface area contributed by atoms with Gasteiger partial charge in [-0.15, -0.1) is 0 Å². The highest BCUT2D eigenvalue weighted by Gasteiger charge is 2.02. The number of hydrogen-bond donors (Lipinski definition) is 0. The molecular formula is C31H64. The van der Waals surface area contributed by atoms with Crippen LogP contribution in [0.25, 0.3) is 0 Å². The van der Waals surface area contributed by atoms with Crippen LogP contribution in [-0.2, 0) is 0 Å². The first-order valence-corrected chi connectivity index (χ1v) is 15.3. The van der Waals surface area contributed by atoms with Gasteiger partial charge < -0.3 is 0 Å². The van der Waals surface area contributed by atoms with Gasteiger partial charge in [0, 0.05) is 0 Å². The van der Waals surface area contributed by atoms with E-state index in [0.29, 0.717) is 0 Å². The summed E-state index contributed by atoms with van der Waals surface area (Å²) < 4.78 is 0. The molecule has 188 valence electrons. The van der Waals surface area contributed by atoms with Gasteiger partial charge >= 0.3 is 0 Å². The van der Waals surface area contributed by atoms with E-state index < -0.39 is 0 Å². The predicted octanol–water partition coefficient (Wildman–Crippen LogP) is 12.2. The summed E-state index contributed by atoms with van der Waals surface area (Å²) in [6.07, 6.45) is 39.8. The van der Waals surface area contributed by atoms with Crippen molar-refractivity contribution in [3.05, 3.63) is 0 Å². The molecule has 1 unspecified atom stereocenters. The minimum Gasteiger partial charge on any atom is -0.0654 e. The van der Waals surface area contributed by atoms with Crippen LogP contribution >= 0.6 is 0 Å². The van der Waals surface area contributed by atoms with Crippen molar-refractivity contribution in [2.24, 2.45) is 5.92 Å². The number of rotatable bonds is 27. The zero-order valence-electron chi connectivity index (χ0n) is 22.7. The van der Waals surface area contributed by atoms with E-state index in [1.807, 2.05) is 0 Å². The molecule has 0 aliphatic rings. The Morgan fingerprint density at radius 3 is 0.710 bits per heavy atom. The first kappa shape index (κ1) is 31.0. The van der Waals surface area contributed by atoms with Crippen molar-refractivity contribution in [3.8, 4) is 0 Å². The maximum atomic E-state index is 2.50. The second-order valence-corrected chi connectivity index (χ2v) is 10.8. The fraction of sp³-hybridized carbons (Fsp3) is 1.00. The lowest BCUT2D eigenvalue weighted by atomic mass is 9.95. The summed E-state index contributed by atoms with van der Waals surface area (Å²) in [5.74, 6) is 0.968. The van der Waals surface area contributed by atoms with Crippen LogP contribution in [0.1, 0.15) is 194 Å². The first-order valence-electron chi connectivity index (χ1n) is 15.3. The molecule has 0 fully saturated rings. The monoisotopic (exact) mass is 437 g/mol. The molecular weight excluding hydrogens is 372 g/mol. The highest BCUT2D eigenvalue weighted by Crippen LogP contribution is 2.19. The van der Waals surface area contributed by atoms with Gasteiger partial charge in [-0.05, 0) is 5.92 Å². The highest BCUT2D eigenvalue weighted by molar-refractivity contribution is 4.56. The molecule has 0 spiro atoms. The van der Waals surface area contributed by atoms with E-state index >= 15 is 0 Å². The van der Waals surface area contributed by atoms with Gasteiger partial charge in [-0.2, -0.15) is 0 Å². The zero-order chi connectivity index (χ0) is 22.7. The number of hydrogen-bond acceptors (Lipinski definition) is 0. The third-order valence-electron chi connectivity index (χ3n) is 7.35. The topological polar surface area (TPSA) is 0 Å². The fourth-order valence-corrected chi connectivity index (χ4v) is 4.99. The molecule has 0 aromatic carbocycles. The van der Waals surface area contributed by atoms with Crippen molar-refractivity contribution < 1.29 is 0 Å². The highest BCUT2D eigenvalue weighted by atomic mass is 14.1. The summed E-state index contributed by atoms with van der Waals surface area (Å²) in [6, 6.07) is 0. The average Bonchev–Trinajstić information content (AvgIpc) is 2.77. The molecule has 1 atom stereocenters. The minimum atomic E-state index is 0.968. The van der Waals surface area contributed by atoms with Gasteiger partial charge in [-0.3, -0.25) is 0 Å². The Morgan fingerprint density at radius 1 is 0.290 bits per heavy atom. The normalized spacial score (nSPS) is 12.5. The third-order valence-corrected chi connectivity index (χ3v) is 7.35. The van der Waals surface area contributed by atoms with Crippen molar-refractivity contribution >= 4 is 0 Å². The Balaban J connectivity index is 3.12. The zero-order valence-corrected chi connectivity index (χ0v) is 22.7. The second kappa shape index (κ2) is 28.0. The van der Waals surface area contributed by atoms with Gasteiger partial charge in [0.15, 0.2) is 0 Å². The Kier molecular flexibility index (Phi) is 28.0. The lowest BCUT2D eigenvalue weighted by Crippen LogP contribution is -1.95. The minimum absolute atomic E-state index is 0.968. The number of unbranched alkanes of at least 4 members (excludes halogenated alkanes) is 23. The molecule has 0 aromatic heterocycles. The summed E-state index contributed by atoms with van der Waals surface area (Å²) >= 11 is 0. The van der Waals surface area contributed by atoms with E-state index in [1.54, 1.807) is 0 Å². The van der Waals surface area contributed by atoms with Crippen molar-refractivity contribution in [1.29, 1.82) is 0 Å². The van der Waals surface area contributed by atoms with Crippen LogP contribution in [0.5, 0.6) is 0 Å². The smallest absolute Gasteiger partial charge is 0.0443 e. The maximum Gasteiger partial charge on any atom is -0.0443 e. The van der Waals surface area contributed by atoms with Crippen LogP contribution in [0.15, 0.2) is 0 Å². The summed E-state index contributed by atoms with van der Waals surface area (Å²) in [5, 5.41) is 0. The van der Waals surface area contributed by atoms with Crippen molar-refractivity contribution in [3.63, 3.8) is 0 Å². The van der Waals surface area contributed by atoms with E-state index in [0.717, 1.165) is 5.92 Å². The SMILES string of the molecule is CCCCCCCCCCCCCCCCC(C)CCCCCCCCCCCCC. The Morgan fingerprint density at radius 2 is 0.484 bits per heavy atom. The standard InChI is InChI=1S/C31H64/c1-4-6-8-10-12-14-16-17-18-20-22-24-26-28-30-31(3)29-27-25-23-21-19-15-13-11-9-7-5-2/h31H,4-30H2,1-3H3. The molecule has 0 rings (SSSR count). The fourth-order valence-electron chi connectivity index (χ4n) is 4.99. The van der Waals surface area contributed by atoms with E-state index in [1.165, 1.54) is 173 Å². The van der Waals surface area contributed by atoms with E-state index in [4.69, 9.17) is 0 Å². The predicted molar refractivity (Wildman–Crippen MR) is 145 cm³/mol. The molecule has 31 heavy (non-hydrogen) atoms. The Labute approximate surface area is 200 Å². The maximum absolute atomic E-state index is 2.50. The van der Waals surface area contributed by atoms with Crippen molar-refractivity contribution in [2.75, 3.05) is 0 Å². The van der Waals surface area contributed by atoms with Gasteiger partial charge in [-0.25, -0.2) is 0 Å². The third kappa shape index (κ3) is 28.0. The lowest BCUT2D eigenvalue weighted by molar-refractivity contribution is 0.429. The summed E-state index contributed by atoms with van der Waals surface area (Å²) in [6.45, 7) is 7.11. The van der Waals surface area contributed by atoms with E-state index in [2.05, 4.69) is 20.8 Å². The van der Waals surface area contributed by atoms with Crippen LogP contribution in [0.3, 0.4) is 0 Å². The molecule has 0 saturated carbocycles. The van der Waals surface area contributed by atoms with Crippen molar-refractivity contribution in [2.45, 2.75) is 194 Å². The molecule has 0 heteroatoms. The molecule has 0 saturated heterocycles. The molecule has 0 amide bonds. The Bertz CT molecular complexity index is 294. The molecule has 0 radical (unpaired) electrons. The first-order chi connectivity index (χ1) is 15.3. The average molecular weight is 437 g/mol. The second-order valence-electron chi connectivity index (χ2n) is 10.8. The van der Waals surface area contributed by atoms with Gasteiger partial charge in [-0.1, -0.05) is 194 Å². The molecule has 0 nitrogen and oxygen atoms in total. The molecule has 0 aliphatic heterocycles. The molecule has 0 heterocycles. The quantitative estimate of drug-likeness (QED) is 0.112. The van der Waals surface area contributed by atoms with E-state index in [-0.39, 0.29) is 0 Å². The van der Waals surface area contributed by atoms with Crippen LogP contribution in [0.2, 0.25) is 0 Å². The van der Waals surface area contributed by atoms with Crippen LogP contribution in [0.4, 0.5) is 0 Å². The van der Waals surface area contributed by atoms with Gasteiger partial charge in [0.1, 0.15) is 0 Å². The summed E-state index contributed by atoms with van der Waals surface area (Å²) in [4.78, 5) is 0. The molecule has 0 aliphatic carbocycles. The largest absolute Gasteiger partial charge is 0.0654 e. The summed E-state index contributed by atoms with van der Waals surface area (Å²) in [5.41, 5.74) is 0. The molecule has 0 N–H and O–H groups in total. The lowest BCUT2D eigenvalue weighted by Gasteiger charge is -2.11.